The number of carbonyl (C=O) groups is 1. The van der Waals surface area contributed by atoms with Gasteiger partial charge in [0.15, 0.2) is 0 Å². The van der Waals surface area contributed by atoms with Crippen LogP contribution in [0.5, 0.6) is 0 Å². The van der Waals surface area contributed by atoms with Crippen molar-refractivity contribution in [2.75, 3.05) is 6.54 Å². The topological polar surface area (TPSA) is 38.1 Å². The first-order valence-corrected chi connectivity index (χ1v) is 5.74. The maximum Gasteiger partial charge on any atom is 0.406 e. The van der Waals surface area contributed by atoms with Crippen molar-refractivity contribution < 1.29 is 18.0 Å². The monoisotopic (exact) mass is 261 g/mol. The molecule has 1 aromatic heterocycles. The summed E-state index contributed by atoms with van der Waals surface area (Å²) in [7, 11) is 0. The molecule has 1 amide bonds. The van der Waals surface area contributed by atoms with Gasteiger partial charge in [0.25, 0.3) is 0 Å². The van der Waals surface area contributed by atoms with Gasteiger partial charge in [-0.15, -0.1) is 0 Å². The van der Waals surface area contributed by atoms with E-state index < -0.39 is 24.8 Å². The molecule has 1 aromatic rings. The molecule has 7 heteroatoms. The van der Waals surface area contributed by atoms with E-state index in [4.69, 9.17) is 0 Å². The van der Waals surface area contributed by atoms with Crippen molar-refractivity contribution in [3.8, 4) is 0 Å². The highest BCUT2D eigenvalue weighted by Crippen LogP contribution is 2.36. The van der Waals surface area contributed by atoms with Crippen molar-refractivity contribution in [2.24, 2.45) is 5.92 Å². The Morgan fingerprint density at radius 2 is 2.22 bits per heavy atom. The van der Waals surface area contributed by atoms with E-state index in [9.17, 15) is 18.0 Å². The van der Waals surface area contributed by atoms with Crippen LogP contribution in [0, 0.1) is 5.92 Å². The summed E-state index contributed by atoms with van der Waals surface area (Å²) < 4.78 is 38.7. The molecule has 4 nitrogen and oxygen atoms in total. The molecule has 0 spiro atoms. The Kier molecular flexibility index (Phi) is 3.32. The van der Waals surface area contributed by atoms with E-state index in [0.717, 1.165) is 22.3 Å². The van der Waals surface area contributed by atoms with Gasteiger partial charge in [0.1, 0.15) is 12.9 Å². The predicted octanol–water partition coefficient (Wildman–Crippen LogP) is 2.51. The number of rotatable bonds is 3. The average molecular weight is 261 g/mol. The van der Waals surface area contributed by atoms with E-state index in [1.54, 1.807) is 6.92 Å². The van der Waals surface area contributed by atoms with Gasteiger partial charge in [0.2, 0.25) is 0 Å². The average Bonchev–Trinajstić information content (AvgIpc) is 2.98. The van der Waals surface area contributed by atoms with Crippen LogP contribution in [0.4, 0.5) is 18.0 Å². The van der Waals surface area contributed by atoms with E-state index in [-0.39, 0.29) is 5.92 Å². The smallest absolute Gasteiger partial charge is 0.312 e. The molecule has 1 unspecified atom stereocenters. The zero-order chi connectivity index (χ0) is 13.3. The van der Waals surface area contributed by atoms with Crippen molar-refractivity contribution >= 4 is 6.03 Å². The highest BCUT2D eigenvalue weighted by Gasteiger charge is 2.40. The lowest BCUT2D eigenvalue weighted by Gasteiger charge is -2.30. The van der Waals surface area contributed by atoms with Crippen LogP contribution in [-0.2, 0) is 0 Å². The van der Waals surface area contributed by atoms with Crippen molar-refractivity contribution in [3.05, 3.63) is 18.7 Å². The summed E-state index contributed by atoms with van der Waals surface area (Å²) in [4.78, 5) is 16.6. The third-order valence-electron chi connectivity index (χ3n) is 3.12. The number of amides is 1. The van der Waals surface area contributed by atoms with Gasteiger partial charge < -0.3 is 4.90 Å². The first-order valence-electron chi connectivity index (χ1n) is 5.74. The number of hydrogen-bond donors (Lipinski definition) is 0. The molecule has 0 saturated heterocycles. The molecule has 1 aliphatic rings. The van der Waals surface area contributed by atoms with Gasteiger partial charge >= 0.3 is 12.2 Å². The molecule has 1 heterocycles. The fourth-order valence-electron chi connectivity index (χ4n) is 1.93. The molecular weight excluding hydrogens is 247 g/mol. The number of alkyl halides is 3. The second-order valence-electron chi connectivity index (χ2n) is 4.57. The van der Waals surface area contributed by atoms with E-state index in [2.05, 4.69) is 4.98 Å². The minimum absolute atomic E-state index is 0.180. The molecule has 18 heavy (non-hydrogen) atoms. The van der Waals surface area contributed by atoms with Crippen molar-refractivity contribution in [2.45, 2.75) is 32.0 Å². The van der Waals surface area contributed by atoms with E-state index >= 15 is 0 Å². The largest absolute Gasteiger partial charge is 0.406 e. The number of halogens is 3. The van der Waals surface area contributed by atoms with Gasteiger partial charge in [-0.05, 0) is 25.7 Å². The third kappa shape index (κ3) is 3.02. The SMILES string of the molecule is CC(C1CC1)N(CC(F)(F)F)C(=O)n1ccnc1. The van der Waals surface area contributed by atoms with Crippen molar-refractivity contribution in [3.63, 3.8) is 0 Å². The molecule has 0 bridgehead atoms. The Morgan fingerprint density at radius 3 is 2.67 bits per heavy atom. The number of imidazole rings is 1. The zero-order valence-corrected chi connectivity index (χ0v) is 9.89. The molecule has 1 saturated carbocycles. The van der Waals surface area contributed by atoms with Crippen LogP contribution in [0.2, 0.25) is 0 Å². The van der Waals surface area contributed by atoms with Gasteiger partial charge in [-0.3, -0.25) is 4.57 Å². The molecular formula is C11H14F3N3O. The van der Waals surface area contributed by atoms with Crippen LogP contribution in [0.3, 0.4) is 0 Å². The lowest BCUT2D eigenvalue weighted by Crippen LogP contribution is -2.47. The van der Waals surface area contributed by atoms with Gasteiger partial charge in [0.05, 0.1) is 0 Å². The summed E-state index contributed by atoms with van der Waals surface area (Å²) in [5.41, 5.74) is 0. The molecule has 0 aliphatic heterocycles. The summed E-state index contributed by atoms with van der Waals surface area (Å²) in [5, 5.41) is 0. The Balaban J connectivity index is 2.15. The van der Waals surface area contributed by atoms with E-state index in [1.165, 1.54) is 18.7 Å². The number of nitrogens with zero attached hydrogens (tertiary/aromatic N) is 3. The van der Waals surface area contributed by atoms with Crippen LogP contribution in [0.1, 0.15) is 19.8 Å². The maximum atomic E-state index is 12.5. The Morgan fingerprint density at radius 1 is 1.56 bits per heavy atom. The summed E-state index contributed by atoms with van der Waals surface area (Å²) in [5.74, 6) is 0.180. The quantitative estimate of drug-likeness (QED) is 0.838. The molecule has 1 fully saturated rings. The summed E-state index contributed by atoms with van der Waals surface area (Å²) in [6.07, 6.45) is 1.31. The summed E-state index contributed by atoms with van der Waals surface area (Å²) >= 11 is 0. The Hall–Kier alpha value is -1.53. The second-order valence-corrected chi connectivity index (χ2v) is 4.57. The standard InChI is InChI=1S/C11H14F3N3O/c1-8(9-2-3-9)17(6-11(12,13)14)10(18)16-5-4-15-7-16/h4-5,7-9H,2-3,6H2,1H3. The number of carbonyl (C=O) groups excluding carboxylic acids is 1. The normalized spacial score (nSPS) is 17.6. The first kappa shape index (κ1) is 12.9. The highest BCUT2D eigenvalue weighted by molar-refractivity contribution is 5.77. The van der Waals surface area contributed by atoms with E-state index in [0.29, 0.717) is 0 Å². The number of aromatic nitrogens is 2. The second kappa shape index (κ2) is 4.62. The van der Waals surface area contributed by atoms with Crippen LogP contribution in [-0.4, -0.2) is 39.2 Å². The van der Waals surface area contributed by atoms with Crippen molar-refractivity contribution in [1.29, 1.82) is 0 Å². The van der Waals surface area contributed by atoms with Crippen LogP contribution in [0.15, 0.2) is 18.7 Å². The highest BCUT2D eigenvalue weighted by atomic mass is 19.4. The maximum absolute atomic E-state index is 12.5. The third-order valence-corrected chi connectivity index (χ3v) is 3.12. The number of hydrogen-bond acceptors (Lipinski definition) is 2. The minimum Gasteiger partial charge on any atom is -0.312 e. The lowest BCUT2D eigenvalue weighted by molar-refractivity contribution is -0.143. The lowest BCUT2D eigenvalue weighted by atomic mass is 10.2. The molecule has 0 aromatic carbocycles. The first-order chi connectivity index (χ1) is 8.38. The predicted molar refractivity (Wildman–Crippen MR) is 58.0 cm³/mol. The molecule has 0 radical (unpaired) electrons. The van der Waals surface area contributed by atoms with Gasteiger partial charge in [-0.25, -0.2) is 9.78 Å². The molecule has 100 valence electrons. The van der Waals surface area contributed by atoms with Gasteiger partial charge in [0, 0.05) is 18.4 Å². The minimum atomic E-state index is -4.39. The molecule has 0 N–H and O–H groups in total. The fraction of sp³-hybridized carbons (Fsp3) is 0.636. The molecule has 2 rings (SSSR count). The molecule has 1 aliphatic carbocycles. The summed E-state index contributed by atoms with van der Waals surface area (Å²) in [6, 6.07) is -1.08. The Bertz CT molecular complexity index is 412. The van der Waals surface area contributed by atoms with Gasteiger partial charge in [-0.1, -0.05) is 0 Å². The summed E-state index contributed by atoms with van der Waals surface area (Å²) in [6.45, 7) is 0.444. The van der Waals surface area contributed by atoms with E-state index in [1.807, 2.05) is 0 Å². The zero-order valence-electron chi connectivity index (χ0n) is 9.89. The van der Waals surface area contributed by atoms with Crippen molar-refractivity contribution in [1.82, 2.24) is 14.5 Å². The van der Waals surface area contributed by atoms with Crippen LogP contribution < -0.4 is 0 Å². The van der Waals surface area contributed by atoms with Crippen LogP contribution in [0.25, 0.3) is 0 Å². The fourth-order valence-corrected chi connectivity index (χ4v) is 1.93. The Labute approximate surface area is 102 Å². The van der Waals surface area contributed by atoms with Gasteiger partial charge in [-0.2, -0.15) is 13.2 Å². The van der Waals surface area contributed by atoms with Crippen LogP contribution >= 0.6 is 0 Å². The molecule has 1 atom stereocenters.